The number of carbonyl (C=O) groups excluding carboxylic acids is 1. The van der Waals surface area contributed by atoms with Crippen LogP contribution in [0.3, 0.4) is 0 Å². The number of thiophene rings is 1. The van der Waals surface area contributed by atoms with Gasteiger partial charge in [-0.2, -0.15) is 0 Å². The van der Waals surface area contributed by atoms with Crippen LogP contribution >= 0.6 is 23.1 Å². The Hall–Kier alpha value is -1.34. The largest absolute Gasteiger partial charge is 0.355 e. The lowest BCUT2D eigenvalue weighted by Crippen LogP contribution is -2.35. The van der Waals surface area contributed by atoms with E-state index in [4.69, 9.17) is 0 Å². The maximum absolute atomic E-state index is 12.3. The van der Waals surface area contributed by atoms with Crippen LogP contribution in [-0.4, -0.2) is 27.7 Å². The van der Waals surface area contributed by atoms with Gasteiger partial charge in [-0.15, -0.1) is 23.1 Å². The summed E-state index contributed by atoms with van der Waals surface area (Å²) < 4.78 is 0. The predicted molar refractivity (Wildman–Crippen MR) is 110 cm³/mol. The summed E-state index contributed by atoms with van der Waals surface area (Å²) >= 11 is 3.06. The number of fused-ring (bicyclic) bond motifs is 1. The fourth-order valence-electron chi connectivity index (χ4n) is 3.43. The molecule has 1 saturated carbocycles. The summed E-state index contributed by atoms with van der Waals surface area (Å²) in [6, 6.07) is 0. The monoisotopic (exact) mass is 393 g/mol. The highest BCUT2D eigenvalue weighted by molar-refractivity contribution is 7.99. The molecule has 0 unspecified atom stereocenters. The Bertz CT molecular complexity index is 837. The standard InChI is InChI=1S/C19H27N3O2S2/c1-11-12(2)26-19-16(11)18(24)21-15(22-19)10-25-13(3)17(23)20-9-14-7-5-4-6-8-14/h13-14H,4-10H2,1-3H3,(H,20,23)(H,21,22,24)/t13-/m0/s1. The first-order valence-electron chi connectivity index (χ1n) is 9.34. The van der Waals surface area contributed by atoms with E-state index >= 15 is 0 Å². The van der Waals surface area contributed by atoms with Crippen LogP contribution in [0.25, 0.3) is 10.2 Å². The van der Waals surface area contributed by atoms with Gasteiger partial charge in [0.25, 0.3) is 5.56 Å². The summed E-state index contributed by atoms with van der Waals surface area (Å²) in [5, 5.41) is 3.62. The number of carbonyl (C=O) groups is 1. The van der Waals surface area contributed by atoms with Gasteiger partial charge in [0.15, 0.2) is 0 Å². The Balaban J connectivity index is 1.55. The summed E-state index contributed by atoms with van der Waals surface area (Å²) in [7, 11) is 0. The molecule has 1 aliphatic carbocycles. The van der Waals surface area contributed by atoms with Gasteiger partial charge < -0.3 is 10.3 Å². The van der Waals surface area contributed by atoms with E-state index in [1.165, 1.54) is 43.9 Å². The highest BCUT2D eigenvalue weighted by Crippen LogP contribution is 2.27. The molecule has 2 aromatic heterocycles. The number of thioether (sulfide) groups is 1. The molecule has 2 heterocycles. The zero-order chi connectivity index (χ0) is 18.7. The highest BCUT2D eigenvalue weighted by Gasteiger charge is 2.18. The molecule has 5 nitrogen and oxygen atoms in total. The molecule has 1 amide bonds. The predicted octanol–water partition coefficient (Wildman–Crippen LogP) is 3.92. The van der Waals surface area contributed by atoms with Crippen molar-refractivity contribution in [3.05, 3.63) is 26.6 Å². The molecule has 1 atom stereocenters. The van der Waals surface area contributed by atoms with E-state index in [9.17, 15) is 9.59 Å². The first-order valence-corrected chi connectivity index (χ1v) is 11.2. The summed E-state index contributed by atoms with van der Waals surface area (Å²) in [5.41, 5.74) is 0.926. The number of hydrogen-bond donors (Lipinski definition) is 2. The first-order chi connectivity index (χ1) is 12.5. The molecule has 0 aromatic carbocycles. The topological polar surface area (TPSA) is 74.8 Å². The van der Waals surface area contributed by atoms with Gasteiger partial charge in [0.05, 0.1) is 16.4 Å². The van der Waals surface area contributed by atoms with Crippen molar-refractivity contribution in [3.63, 3.8) is 0 Å². The number of aromatic nitrogens is 2. The molecule has 1 aliphatic rings. The van der Waals surface area contributed by atoms with E-state index in [0.717, 1.165) is 21.8 Å². The van der Waals surface area contributed by atoms with Crippen LogP contribution in [0, 0.1) is 19.8 Å². The van der Waals surface area contributed by atoms with Crippen molar-refractivity contribution in [2.45, 2.75) is 63.9 Å². The summed E-state index contributed by atoms with van der Waals surface area (Å²) in [6.45, 7) is 6.67. The average molecular weight is 394 g/mol. The van der Waals surface area contributed by atoms with Crippen molar-refractivity contribution in [2.24, 2.45) is 5.92 Å². The quantitative estimate of drug-likeness (QED) is 0.780. The molecule has 0 aliphatic heterocycles. The van der Waals surface area contributed by atoms with Crippen LogP contribution in [0.15, 0.2) is 4.79 Å². The van der Waals surface area contributed by atoms with Gasteiger partial charge in [0, 0.05) is 11.4 Å². The lowest BCUT2D eigenvalue weighted by molar-refractivity contribution is -0.120. The third-order valence-corrected chi connectivity index (χ3v) is 7.47. The molecule has 0 saturated heterocycles. The summed E-state index contributed by atoms with van der Waals surface area (Å²) in [5.74, 6) is 1.88. The maximum atomic E-state index is 12.3. The smallest absolute Gasteiger partial charge is 0.259 e. The van der Waals surface area contributed by atoms with Crippen molar-refractivity contribution in [3.8, 4) is 0 Å². The minimum Gasteiger partial charge on any atom is -0.355 e. The molecular weight excluding hydrogens is 366 g/mol. The normalized spacial score (nSPS) is 16.7. The molecule has 3 rings (SSSR count). The second-order valence-electron chi connectivity index (χ2n) is 7.18. The Morgan fingerprint density at radius 2 is 2.08 bits per heavy atom. The zero-order valence-electron chi connectivity index (χ0n) is 15.7. The number of aromatic amines is 1. The first kappa shape index (κ1) is 19.4. The van der Waals surface area contributed by atoms with E-state index in [1.807, 2.05) is 20.8 Å². The molecule has 1 fully saturated rings. The van der Waals surface area contributed by atoms with Crippen molar-refractivity contribution in [1.82, 2.24) is 15.3 Å². The van der Waals surface area contributed by atoms with Gasteiger partial charge in [0.2, 0.25) is 5.91 Å². The second-order valence-corrected chi connectivity index (χ2v) is 9.71. The van der Waals surface area contributed by atoms with E-state index in [0.29, 0.717) is 22.9 Å². The second kappa shape index (κ2) is 8.57. The Kier molecular flexibility index (Phi) is 6.40. The van der Waals surface area contributed by atoms with Crippen LogP contribution in [-0.2, 0) is 10.5 Å². The Morgan fingerprint density at radius 3 is 2.81 bits per heavy atom. The fraction of sp³-hybridized carbons (Fsp3) is 0.632. The van der Waals surface area contributed by atoms with Gasteiger partial charge >= 0.3 is 0 Å². The van der Waals surface area contributed by atoms with E-state index in [-0.39, 0.29) is 16.7 Å². The van der Waals surface area contributed by atoms with E-state index in [2.05, 4.69) is 15.3 Å². The number of amides is 1. The van der Waals surface area contributed by atoms with Crippen LogP contribution in [0.2, 0.25) is 0 Å². The summed E-state index contributed by atoms with van der Waals surface area (Å²) in [6.07, 6.45) is 6.36. The lowest BCUT2D eigenvalue weighted by Gasteiger charge is -2.22. The highest BCUT2D eigenvalue weighted by atomic mass is 32.2. The molecule has 0 spiro atoms. The van der Waals surface area contributed by atoms with Gasteiger partial charge in [-0.1, -0.05) is 19.3 Å². The number of nitrogens with zero attached hydrogens (tertiary/aromatic N) is 1. The number of H-pyrrole nitrogens is 1. The van der Waals surface area contributed by atoms with Gasteiger partial charge in [0.1, 0.15) is 10.7 Å². The van der Waals surface area contributed by atoms with Crippen molar-refractivity contribution in [2.75, 3.05) is 6.54 Å². The van der Waals surface area contributed by atoms with Gasteiger partial charge in [-0.25, -0.2) is 4.98 Å². The molecule has 7 heteroatoms. The molecular formula is C19H27N3O2S2. The number of nitrogens with one attached hydrogen (secondary N) is 2. The number of aryl methyl sites for hydroxylation is 2. The Labute approximate surface area is 162 Å². The maximum Gasteiger partial charge on any atom is 0.259 e. The molecule has 0 bridgehead atoms. The third kappa shape index (κ3) is 4.49. The number of rotatable bonds is 6. The lowest BCUT2D eigenvalue weighted by atomic mass is 9.89. The summed E-state index contributed by atoms with van der Waals surface area (Å²) in [4.78, 5) is 34.0. The van der Waals surface area contributed by atoms with Crippen molar-refractivity contribution >= 4 is 39.2 Å². The molecule has 2 N–H and O–H groups in total. The van der Waals surface area contributed by atoms with Crippen LogP contribution < -0.4 is 10.9 Å². The molecule has 142 valence electrons. The van der Waals surface area contributed by atoms with Gasteiger partial charge in [-0.3, -0.25) is 9.59 Å². The van der Waals surface area contributed by atoms with E-state index < -0.39 is 0 Å². The SMILES string of the molecule is Cc1sc2nc(CS[C@@H](C)C(=O)NCC3CCCCC3)[nH]c(=O)c2c1C. The van der Waals surface area contributed by atoms with Crippen molar-refractivity contribution < 1.29 is 4.79 Å². The number of hydrogen-bond acceptors (Lipinski definition) is 5. The molecule has 26 heavy (non-hydrogen) atoms. The fourth-order valence-corrected chi connectivity index (χ4v) is 5.26. The third-order valence-electron chi connectivity index (χ3n) is 5.22. The Morgan fingerprint density at radius 1 is 1.35 bits per heavy atom. The minimum absolute atomic E-state index is 0.0758. The molecule has 0 radical (unpaired) electrons. The van der Waals surface area contributed by atoms with Crippen LogP contribution in [0.5, 0.6) is 0 Å². The van der Waals surface area contributed by atoms with Crippen LogP contribution in [0.4, 0.5) is 0 Å². The minimum atomic E-state index is -0.161. The van der Waals surface area contributed by atoms with Gasteiger partial charge in [-0.05, 0) is 45.1 Å². The average Bonchev–Trinajstić information content (AvgIpc) is 2.92. The van der Waals surface area contributed by atoms with E-state index in [1.54, 1.807) is 11.3 Å². The van der Waals surface area contributed by atoms with Crippen molar-refractivity contribution in [1.29, 1.82) is 0 Å². The van der Waals surface area contributed by atoms with Crippen LogP contribution in [0.1, 0.15) is 55.3 Å². The molecule has 2 aromatic rings. The zero-order valence-corrected chi connectivity index (χ0v) is 17.3.